The summed E-state index contributed by atoms with van der Waals surface area (Å²) < 4.78 is 4.83. The summed E-state index contributed by atoms with van der Waals surface area (Å²) in [5, 5.41) is 10.6. The molecule has 0 spiro atoms. The van der Waals surface area contributed by atoms with Crippen LogP contribution in [0.2, 0.25) is 0 Å². The molecule has 0 bridgehead atoms. The van der Waals surface area contributed by atoms with Crippen molar-refractivity contribution < 1.29 is 24.0 Å². The molecule has 0 aromatic heterocycles. The molecule has 9 nitrogen and oxygen atoms in total. The van der Waals surface area contributed by atoms with Crippen LogP contribution in [-0.2, 0) is 20.7 Å². The summed E-state index contributed by atoms with van der Waals surface area (Å²) in [5.41, 5.74) is 5.18. The molecule has 27 heavy (non-hydrogen) atoms. The van der Waals surface area contributed by atoms with Gasteiger partial charge in [0, 0.05) is 24.1 Å². The molecule has 2 amide bonds. The van der Waals surface area contributed by atoms with Crippen molar-refractivity contribution in [1.82, 2.24) is 10.9 Å². The number of nitrogens with zero attached hydrogens (tertiary/aromatic N) is 1. The number of hydrazine groups is 1. The first-order valence-corrected chi connectivity index (χ1v) is 7.99. The van der Waals surface area contributed by atoms with Gasteiger partial charge >= 0.3 is 5.97 Å². The van der Waals surface area contributed by atoms with Crippen LogP contribution in [-0.4, -0.2) is 29.3 Å². The van der Waals surface area contributed by atoms with Gasteiger partial charge in [-0.2, -0.15) is 0 Å². The molecule has 9 heteroatoms. The molecule has 140 valence electrons. The van der Waals surface area contributed by atoms with Crippen molar-refractivity contribution in [3.05, 3.63) is 75.8 Å². The first kappa shape index (κ1) is 19.6. The summed E-state index contributed by atoms with van der Waals surface area (Å²) in [7, 11) is 0. The number of nitro groups is 1. The number of nitro benzene ring substituents is 1. The predicted molar refractivity (Wildman–Crippen MR) is 94.4 cm³/mol. The van der Waals surface area contributed by atoms with E-state index in [1.807, 2.05) is 30.3 Å². The maximum absolute atomic E-state index is 11.8. The van der Waals surface area contributed by atoms with Gasteiger partial charge in [-0.05, 0) is 24.1 Å². The molecule has 0 atom stereocenters. The van der Waals surface area contributed by atoms with Crippen LogP contribution in [0.15, 0.2) is 54.6 Å². The van der Waals surface area contributed by atoms with Gasteiger partial charge in [-0.3, -0.25) is 35.3 Å². The van der Waals surface area contributed by atoms with Gasteiger partial charge in [-0.25, -0.2) is 0 Å². The van der Waals surface area contributed by atoms with Gasteiger partial charge in [0.25, 0.3) is 17.5 Å². The van der Waals surface area contributed by atoms with Crippen LogP contribution in [0.1, 0.15) is 22.3 Å². The first-order valence-electron chi connectivity index (χ1n) is 7.99. The Kier molecular flexibility index (Phi) is 7.00. The number of rotatable bonds is 7. The van der Waals surface area contributed by atoms with Crippen molar-refractivity contribution in [2.24, 2.45) is 0 Å². The number of benzene rings is 2. The molecule has 0 heterocycles. The highest BCUT2D eigenvalue weighted by atomic mass is 16.6. The Balaban J connectivity index is 1.68. The highest BCUT2D eigenvalue weighted by Gasteiger charge is 2.12. The Morgan fingerprint density at radius 3 is 2.26 bits per heavy atom. The average Bonchev–Trinajstić information content (AvgIpc) is 2.69. The third-order valence-electron chi connectivity index (χ3n) is 3.48. The lowest BCUT2D eigenvalue weighted by Crippen LogP contribution is -2.43. The van der Waals surface area contributed by atoms with E-state index in [9.17, 15) is 24.5 Å². The van der Waals surface area contributed by atoms with E-state index in [4.69, 9.17) is 4.74 Å². The molecule has 0 aliphatic heterocycles. The van der Waals surface area contributed by atoms with E-state index in [2.05, 4.69) is 10.9 Å². The lowest BCUT2D eigenvalue weighted by atomic mass is 10.1. The second kappa shape index (κ2) is 9.66. The van der Waals surface area contributed by atoms with Gasteiger partial charge in [-0.15, -0.1) is 0 Å². The zero-order valence-electron chi connectivity index (χ0n) is 14.2. The Morgan fingerprint density at radius 2 is 1.63 bits per heavy atom. The molecule has 0 fully saturated rings. The summed E-state index contributed by atoms with van der Waals surface area (Å²) in [5.74, 6) is -1.90. The van der Waals surface area contributed by atoms with Gasteiger partial charge in [0.15, 0.2) is 6.61 Å². The summed E-state index contributed by atoms with van der Waals surface area (Å²) in [6.45, 7) is -0.534. The fourth-order valence-corrected chi connectivity index (χ4v) is 2.08. The number of amides is 2. The zero-order chi connectivity index (χ0) is 19.6. The van der Waals surface area contributed by atoms with Gasteiger partial charge in [0.2, 0.25) is 0 Å². The lowest BCUT2D eigenvalue weighted by Gasteiger charge is -2.08. The number of esters is 1. The number of hydrogen-bond donors (Lipinski definition) is 2. The Bertz CT molecular complexity index is 821. The highest BCUT2D eigenvalue weighted by molar-refractivity contribution is 5.95. The Labute approximate surface area is 154 Å². The smallest absolute Gasteiger partial charge is 0.306 e. The minimum absolute atomic E-state index is 0.126. The number of ether oxygens (including phenoxy) is 1. The van der Waals surface area contributed by atoms with Crippen molar-refractivity contribution in [3.8, 4) is 0 Å². The molecule has 0 saturated heterocycles. The Morgan fingerprint density at radius 1 is 0.963 bits per heavy atom. The average molecular weight is 371 g/mol. The normalized spacial score (nSPS) is 9.93. The van der Waals surface area contributed by atoms with E-state index in [1.165, 1.54) is 24.3 Å². The van der Waals surface area contributed by atoms with Crippen molar-refractivity contribution in [3.63, 3.8) is 0 Å². The number of non-ortho nitro benzene ring substituents is 1. The molecule has 0 aliphatic rings. The SMILES string of the molecule is O=C(COC(=O)CCc1ccccc1)NNC(=O)c1ccc([N+](=O)[O-])cc1. The zero-order valence-corrected chi connectivity index (χ0v) is 14.2. The summed E-state index contributed by atoms with van der Waals surface area (Å²) >= 11 is 0. The molecular formula is C18H17N3O6. The molecule has 0 aliphatic carbocycles. The van der Waals surface area contributed by atoms with Gasteiger partial charge < -0.3 is 4.74 Å². The molecule has 2 aromatic carbocycles. The van der Waals surface area contributed by atoms with Crippen LogP contribution >= 0.6 is 0 Å². The number of aryl methyl sites for hydroxylation is 1. The minimum atomic E-state index is -0.710. The summed E-state index contributed by atoms with van der Waals surface area (Å²) in [6.07, 6.45) is 0.630. The van der Waals surface area contributed by atoms with Crippen LogP contribution in [0.25, 0.3) is 0 Å². The van der Waals surface area contributed by atoms with Crippen LogP contribution in [0, 0.1) is 10.1 Å². The van der Waals surface area contributed by atoms with Crippen molar-refractivity contribution in [2.45, 2.75) is 12.8 Å². The summed E-state index contributed by atoms with van der Waals surface area (Å²) in [6, 6.07) is 14.2. The number of nitrogens with one attached hydrogen (secondary N) is 2. The van der Waals surface area contributed by atoms with E-state index in [0.717, 1.165) is 5.56 Å². The standard InChI is InChI=1S/C18H17N3O6/c22-16(12-27-17(23)11-6-13-4-2-1-3-5-13)19-20-18(24)14-7-9-15(10-8-14)21(25)26/h1-5,7-10H,6,11-12H2,(H,19,22)(H,20,24). The fraction of sp³-hybridized carbons (Fsp3) is 0.167. The van der Waals surface area contributed by atoms with Crippen molar-refractivity contribution in [2.75, 3.05) is 6.61 Å². The Hall–Kier alpha value is -3.75. The molecular weight excluding hydrogens is 354 g/mol. The van der Waals surface area contributed by atoms with Crippen LogP contribution in [0.3, 0.4) is 0 Å². The minimum Gasteiger partial charge on any atom is -0.455 e. The number of carbonyl (C=O) groups is 3. The quantitative estimate of drug-likeness (QED) is 0.432. The maximum Gasteiger partial charge on any atom is 0.306 e. The van der Waals surface area contributed by atoms with Crippen LogP contribution in [0.5, 0.6) is 0 Å². The second-order valence-electron chi connectivity index (χ2n) is 5.45. The fourth-order valence-electron chi connectivity index (χ4n) is 2.08. The third-order valence-corrected chi connectivity index (χ3v) is 3.48. The number of carbonyl (C=O) groups excluding carboxylic acids is 3. The van der Waals surface area contributed by atoms with Crippen LogP contribution < -0.4 is 10.9 Å². The monoisotopic (exact) mass is 371 g/mol. The van der Waals surface area contributed by atoms with E-state index in [0.29, 0.717) is 6.42 Å². The predicted octanol–water partition coefficient (Wildman–Crippen LogP) is 1.53. The van der Waals surface area contributed by atoms with E-state index in [1.54, 1.807) is 0 Å². The lowest BCUT2D eigenvalue weighted by molar-refractivity contribution is -0.384. The third kappa shape index (κ3) is 6.58. The van der Waals surface area contributed by atoms with Crippen molar-refractivity contribution >= 4 is 23.5 Å². The largest absolute Gasteiger partial charge is 0.455 e. The van der Waals surface area contributed by atoms with E-state index in [-0.39, 0.29) is 17.7 Å². The topological polar surface area (TPSA) is 128 Å². The molecule has 0 radical (unpaired) electrons. The molecule has 0 saturated carbocycles. The second-order valence-corrected chi connectivity index (χ2v) is 5.45. The van der Waals surface area contributed by atoms with Gasteiger partial charge in [-0.1, -0.05) is 30.3 Å². The molecule has 0 unspecified atom stereocenters. The van der Waals surface area contributed by atoms with Crippen molar-refractivity contribution in [1.29, 1.82) is 0 Å². The molecule has 2 N–H and O–H groups in total. The van der Waals surface area contributed by atoms with Gasteiger partial charge in [0.05, 0.1) is 4.92 Å². The van der Waals surface area contributed by atoms with Gasteiger partial charge in [0.1, 0.15) is 0 Å². The summed E-state index contributed by atoms with van der Waals surface area (Å²) in [4.78, 5) is 45.0. The maximum atomic E-state index is 11.8. The highest BCUT2D eigenvalue weighted by Crippen LogP contribution is 2.11. The van der Waals surface area contributed by atoms with E-state index >= 15 is 0 Å². The van der Waals surface area contributed by atoms with Crippen LogP contribution in [0.4, 0.5) is 5.69 Å². The van der Waals surface area contributed by atoms with E-state index < -0.39 is 29.3 Å². The molecule has 2 aromatic rings. The molecule has 2 rings (SSSR count). The number of hydrogen-bond acceptors (Lipinski definition) is 6. The first-order chi connectivity index (χ1) is 13.0.